The van der Waals surface area contributed by atoms with E-state index < -0.39 is 0 Å². The van der Waals surface area contributed by atoms with E-state index in [4.69, 9.17) is 4.74 Å². The van der Waals surface area contributed by atoms with E-state index in [9.17, 15) is 4.79 Å². The van der Waals surface area contributed by atoms with Crippen LogP contribution < -0.4 is 10.3 Å². The molecule has 5 rings (SSSR count). The number of para-hydroxylation sites is 1. The van der Waals surface area contributed by atoms with Crippen LogP contribution in [-0.4, -0.2) is 26.3 Å². The molecule has 2 aromatic heterocycles. The summed E-state index contributed by atoms with van der Waals surface area (Å²) in [5.41, 5.74) is 3.09. The second-order valence-corrected chi connectivity index (χ2v) is 8.41. The number of hydrogen-bond donors (Lipinski definition) is 0. The Morgan fingerprint density at radius 2 is 1.69 bits per heavy atom. The molecule has 0 unspecified atom stereocenters. The fourth-order valence-electron chi connectivity index (χ4n) is 3.82. The zero-order valence-electron chi connectivity index (χ0n) is 17.6. The largest absolute Gasteiger partial charge is 0.497 e. The summed E-state index contributed by atoms with van der Waals surface area (Å²) in [6.07, 6.45) is 0.744. The van der Waals surface area contributed by atoms with Gasteiger partial charge in [0.2, 0.25) is 5.78 Å². The van der Waals surface area contributed by atoms with Gasteiger partial charge in [-0.15, -0.1) is 10.2 Å². The number of methoxy groups -OCH3 is 1. The lowest BCUT2D eigenvalue weighted by Crippen LogP contribution is -2.24. The van der Waals surface area contributed by atoms with Gasteiger partial charge in [-0.25, -0.2) is 0 Å². The summed E-state index contributed by atoms with van der Waals surface area (Å²) in [6.45, 7) is 0.538. The maximum absolute atomic E-state index is 13.3. The standard InChI is InChI=1S/C25H22N4O2S/c1-31-20-11-7-10-19(16-20)17-32-25-27-26-24-28(15-14-18-8-3-2-4-9-18)23(30)21-12-5-6-13-22(21)29(24)25/h2-13,16H,14-15,17H2,1H3. The average molecular weight is 443 g/mol. The van der Waals surface area contributed by atoms with Gasteiger partial charge in [-0.3, -0.25) is 13.8 Å². The van der Waals surface area contributed by atoms with Gasteiger partial charge in [-0.1, -0.05) is 66.4 Å². The number of aryl methyl sites for hydroxylation is 2. The SMILES string of the molecule is COc1cccc(CSc2nnc3n(CCc4ccccc4)c(=O)c4ccccc4n23)c1. The Morgan fingerprint density at radius 1 is 0.906 bits per heavy atom. The Kier molecular flexibility index (Phi) is 5.64. The van der Waals surface area contributed by atoms with E-state index in [1.807, 2.05) is 65.1 Å². The molecule has 7 heteroatoms. The minimum absolute atomic E-state index is 0.0409. The van der Waals surface area contributed by atoms with Crippen molar-refractivity contribution in [3.63, 3.8) is 0 Å². The zero-order chi connectivity index (χ0) is 21.9. The quantitative estimate of drug-likeness (QED) is 0.345. The van der Waals surface area contributed by atoms with Crippen LogP contribution in [0.25, 0.3) is 16.7 Å². The van der Waals surface area contributed by atoms with Crippen molar-refractivity contribution >= 4 is 28.4 Å². The first-order valence-electron chi connectivity index (χ1n) is 10.4. The highest BCUT2D eigenvalue weighted by Crippen LogP contribution is 2.26. The molecule has 0 saturated carbocycles. The Bertz CT molecular complexity index is 1440. The van der Waals surface area contributed by atoms with Gasteiger partial charge in [0, 0.05) is 12.3 Å². The van der Waals surface area contributed by atoms with Gasteiger partial charge >= 0.3 is 0 Å². The van der Waals surface area contributed by atoms with Gasteiger partial charge in [0.1, 0.15) is 5.75 Å². The van der Waals surface area contributed by atoms with Gasteiger partial charge in [-0.2, -0.15) is 0 Å². The highest BCUT2D eigenvalue weighted by Gasteiger charge is 2.17. The first-order chi connectivity index (χ1) is 15.7. The van der Waals surface area contributed by atoms with Crippen molar-refractivity contribution in [1.29, 1.82) is 0 Å². The van der Waals surface area contributed by atoms with Crippen molar-refractivity contribution in [2.45, 2.75) is 23.9 Å². The molecule has 0 N–H and O–H groups in total. The monoisotopic (exact) mass is 442 g/mol. The molecule has 0 radical (unpaired) electrons. The Morgan fingerprint density at radius 3 is 2.53 bits per heavy atom. The summed E-state index contributed by atoms with van der Waals surface area (Å²) >= 11 is 1.59. The van der Waals surface area contributed by atoms with E-state index in [1.165, 1.54) is 5.56 Å². The lowest BCUT2D eigenvalue weighted by Gasteiger charge is -2.11. The summed E-state index contributed by atoms with van der Waals surface area (Å²) in [7, 11) is 1.67. The summed E-state index contributed by atoms with van der Waals surface area (Å²) in [4.78, 5) is 13.3. The van der Waals surface area contributed by atoms with Crippen LogP contribution in [0.15, 0.2) is 88.8 Å². The topological polar surface area (TPSA) is 61.4 Å². The first kappa shape index (κ1) is 20.3. The van der Waals surface area contributed by atoms with Crippen LogP contribution in [0, 0.1) is 0 Å². The van der Waals surface area contributed by atoms with Gasteiger partial charge < -0.3 is 4.74 Å². The molecule has 0 aliphatic heterocycles. The van der Waals surface area contributed by atoms with Crippen LogP contribution in [0.3, 0.4) is 0 Å². The molecule has 3 aromatic carbocycles. The van der Waals surface area contributed by atoms with Crippen molar-refractivity contribution in [2.24, 2.45) is 0 Å². The third-order valence-corrected chi connectivity index (χ3v) is 6.45. The zero-order valence-corrected chi connectivity index (χ0v) is 18.5. The summed E-state index contributed by atoms with van der Waals surface area (Å²) in [5.74, 6) is 2.11. The molecule has 160 valence electrons. The molecule has 6 nitrogen and oxygen atoms in total. The molecule has 0 bridgehead atoms. The van der Waals surface area contributed by atoms with Crippen molar-refractivity contribution in [1.82, 2.24) is 19.2 Å². The molecule has 32 heavy (non-hydrogen) atoms. The molecule has 0 amide bonds. The van der Waals surface area contributed by atoms with Gasteiger partial charge in [-0.05, 0) is 41.8 Å². The van der Waals surface area contributed by atoms with E-state index in [-0.39, 0.29) is 5.56 Å². The fourth-order valence-corrected chi connectivity index (χ4v) is 4.71. The van der Waals surface area contributed by atoms with E-state index in [0.29, 0.717) is 17.7 Å². The third-order valence-electron chi connectivity index (χ3n) is 5.45. The number of thioether (sulfide) groups is 1. The van der Waals surface area contributed by atoms with Crippen molar-refractivity contribution in [2.75, 3.05) is 7.11 Å². The predicted molar refractivity (Wildman–Crippen MR) is 127 cm³/mol. The van der Waals surface area contributed by atoms with Crippen molar-refractivity contribution in [3.8, 4) is 5.75 Å². The molecule has 0 aliphatic rings. The second kappa shape index (κ2) is 8.88. The molecule has 5 aromatic rings. The van der Waals surface area contributed by atoms with Crippen LogP contribution in [0.1, 0.15) is 11.1 Å². The van der Waals surface area contributed by atoms with Gasteiger partial charge in [0.05, 0.1) is 18.0 Å². The van der Waals surface area contributed by atoms with Gasteiger partial charge in [0.15, 0.2) is 5.16 Å². The number of rotatable bonds is 7. The van der Waals surface area contributed by atoms with Crippen LogP contribution >= 0.6 is 11.8 Å². The Labute approximate surface area is 189 Å². The first-order valence-corrected chi connectivity index (χ1v) is 11.4. The molecular weight excluding hydrogens is 420 g/mol. The smallest absolute Gasteiger partial charge is 0.262 e. The van der Waals surface area contributed by atoms with E-state index in [2.05, 4.69) is 28.4 Å². The Hall–Kier alpha value is -3.58. The minimum Gasteiger partial charge on any atom is -0.497 e. The number of ether oxygens (including phenoxy) is 1. The van der Waals surface area contributed by atoms with E-state index >= 15 is 0 Å². The number of nitrogens with zero attached hydrogens (tertiary/aromatic N) is 4. The number of fused-ring (bicyclic) bond motifs is 3. The molecule has 0 spiro atoms. The molecule has 2 heterocycles. The maximum Gasteiger partial charge on any atom is 0.262 e. The van der Waals surface area contributed by atoms with Crippen molar-refractivity contribution < 1.29 is 4.74 Å². The fraction of sp³-hybridized carbons (Fsp3) is 0.160. The highest BCUT2D eigenvalue weighted by atomic mass is 32.2. The molecule has 0 saturated heterocycles. The summed E-state index contributed by atoms with van der Waals surface area (Å²) < 4.78 is 9.06. The second-order valence-electron chi connectivity index (χ2n) is 7.47. The van der Waals surface area contributed by atoms with E-state index in [1.54, 1.807) is 23.4 Å². The van der Waals surface area contributed by atoms with Crippen LogP contribution in [0.4, 0.5) is 0 Å². The van der Waals surface area contributed by atoms with Crippen molar-refractivity contribution in [3.05, 3.63) is 100 Å². The lowest BCUT2D eigenvalue weighted by molar-refractivity contribution is 0.414. The summed E-state index contributed by atoms with van der Waals surface area (Å²) in [5, 5.41) is 10.3. The minimum atomic E-state index is -0.0409. The molecular formula is C25H22N4O2S. The number of aromatic nitrogens is 4. The average Bonchev–Trinajstić information content (AvgIpc) is 3.27. The molecule has 0 aliphatic carbocycles. The summed E-state index contributed by atoms with van der Waals surface area (Å²) in [6, 6.07) is 25.8. The Balaban J connectivity index is 1.55. The van der Waals surface area contributed by atoms with Gasteiger partial charge in [0.25, 0.3) is 5.56 Å². The van der Waals surface area contributed by atoms with Crippen LogP contribution in [0.5, 0.6) is 5.75 Å². The van der Waals surface area contributed by atoms with E-state index in [0.717, 1.165) is 34.2 Å². The number of hydrogen-bond acceptors (Lipinski definition) is 5. The predicted octanol–water partition coefficient (Wildman–Crippen LogP) is 4.59. The van der Waals surface area contributed by atoms with Crippen LogP contribution in [0.2, 0.25) is 0 Å². The van der Waals surface area contributed by atoms with Crippen LogP contribution in [-0.2, 0) is 18.7 Å². The lowest BCUT2D eigenvalue weighted by atomic mass is 10.1. The molecule has 0 fully saturated rings. The number of benzene rings is 3. The normalized spacial score (nSPS) is 11.3. The molecule has 0 atom stereocenters. The third kappa shape index (κ3) is 3.87. The highest BCUT2D eigenvalue weighted by molar-refractivity contribution is 7.98. The maximum atomic E-state index is 13.3.